The van der Waals surface area contributed by atoms with E-state index in [0.717, 1.165) is 41.8 Å². The third kappa shape index (κ3) is 6.76. The van der Waals surface area contributed by atoms with Crippen molar-refractivity contribution in [3.63, 3.8) is 0 Å². The molecule has 0 aliphatic heterocycles. The van der Waals surface area contributed by atoms with E-state index in [0.29, 0.717) is 5.92 Å². The zero-order valence-corrected chi connectivity index (χ0v) is 22.4. The predicted octanol–water partition coefficient (Wildman–Crippen LogP) is 6.26. The van der Waals surface area contributed by atoms with E-state index in [1.54, 1.807) is 7.11 Å². The molecule has 1 heterocycles. The monoisotopic (exact) mass is 520 g/mol. The number of rotatable bonds is 10. The van der Waals surface area contributed by atoms with E-state index >= 15 is 0 Å². The predicted molar refractivity (Wildman–Crippen MR) is 145 cm³/mol. The van der Waals surface area contributed by atoms with Crippen LogP contribution in [0.2, 0.25) is 0 Å². The van der Waals surface area contributed by atoms with E-state index in [1.165, 1.54) is 0 Å². The van der Waals surface area contributed by atoms with Crippen molar-refractivity contribution in [2.45, 2.75) is 44.8 Å². The Bertz CT molecular complexity index is 1120. The molecule has 0 amide bonds. The van der Waals surface area contributed by atoms with Crippen molar-refractivity contribution >= 4 is 8.25 Å². The van der Waals surface area contributed by atoms with Crippen molar-refractivity contribution in [3.8, 4) is 0 Å². The maximum atomic E-state index is 8.70. The largest absolute Gasteiger partial charge is 0.692 e. The number of nitrogens with zero attached hydrogens (tertiary/aromatic N) is 3. The van der Waals surface area contributed by atoms with E-state index in [1.807, 2.05) is 29.2 Å². The number of benzene rings is 3. The lowest BCUT2D eigenvalue weighted by Crippen LogP contribution is -2.38. The number of methoxy groups -OCH3 is 1. The Morgan fingerprint density at radius 1 is 0.838 bits per heavy atom. The molecule has 1 atom stereocenters. The minimum absolute atomic E-state index is 0.129. The first-order chi connectivity index (χ1) is 18.0. The average molecular weight is 521 g/mol. The fraction of sp³-hybridized carbons (Fsp3) is 0.310. The lowest BCUT2D eigenvalue weighted by Gasteiger charge is -2.36. The lowest BCUT2D eigenvalue weighted by molar-refractivity contribution is 0.0712. The summed E-state index contributed by atoms with van der Waals surface area (Å²) < 4.78 is 16.6. The zero-order chi connectivity index (χ0) is 26.7. The topological polar surface area (TPSA) is 97.5 Å². The third-order valence-electron chi connectivity index (χ3n) is 6.70. The minimum atomic E-state index is -2.87. The Morgan fingerprint density at radius 2 is 1.24 bits per heavy atom. The van der Waals surface area contributed by atoms with Crippen molar-refractivity contribution in [3.05, 3.63) is 120 Å². The van der Waals surface area contributed by atoms with Crippen LogP contribution in [0.3, 0.4) is 0 Å². The van der Waals surface area contributed by atoms with Crippen LogP contribution in [0, 0.1) is 5.92 Å². The van der Waals surface area contributed by atoms with Gasteiger partial charge < -0.3 is 4.74 Å². The van der Waals surface area contributed by atoms with E-state index in [9.17, 15) is 0 Å². The molecule has 1 aromatic heterocycles. The Labute approximate surface area is 219 Å². The molecule has 0 aliphatic rings. The zero-order valence-electron chi connectivity index (χ0n) is 21.5. The highest BCUT2D eigenvalue weighted by Gasteiger charge is 2.40. The molecule has 0 fully saturated rings. The maximum absolute atomic E-state index is 8.70. The number of aromatic nitrogens is 3. The molecule has 0 saturated carbocycles. The first-order valence-corrected chi connectivity index (χ1v) is 13.6. The Morgan fingerprint density at radius 3 is 1.59 bits per heavy atom. The van der Waals surface area contributed by atoms with Crippen LogP contribution in [-0.4, -0.2) is 31.7 Å². The second-order valence-electron chi connectivity index (χ2n) is 8.75. The molecule has 8 heteroatoms. The molecule has 0 aliphatic carbocycles. The highest BCUT2D eigenvalue weighted by Crippen LogP contribution is 2.40. The Hall–Kier alpha value is -3.22. The van der Waals surface area contributed by atoms with Gasteiger partial charge in [0.1, 0.15) is 18.0 Å². The van der Waals surface area contributed by atoms with Crippen molar-refractivity contribution in [1.82, 2.24) is 14.8 Å². The van der Waals surface area contributed by atoms with E-state index < -0.39 is 13.8 Å². The molecule has 37 heavy (non-hydrogen) atoms. The first-order valence-electron chi connectivity index (χ1n) is 12.4. The minimum Gasteiger partial charge on any atom is -0.373 e. The molecule has 0 spiro atoms. The van der Waals surface area contributed by atoms with Crippen LogP contribution in [0.4, 0.5) is 0 Å². The van der Waals surface area contributed by atoms with Gasteiger partial charge in [0, 0.05) is 11.7 Å². The van der Waals surface area contributed by atoms with Gasteiger partial charge in [0.2, 0.25) is 0 Å². The second-order valence-corrected chi connectivity index (χ2v) is 9.26. The molecule has 0 saturated heterocycles. The van der Waals surface area contributed by atoms with Gasteiger partial charge in [-0.2, -0.15) is 5.10 Å². The summed E-state index contributed by atoms with van der Waals surface area (Å²) in [6, 6.07) is 31.6. The standard InChI is InChI=1S/C29H33N3O.HO3P/c1-4-23(5-2)21-27(33-3)28-30-22-32(31-28)29(24-15-9-6-10-16-24,25-17-11-7-12-18-25)26-19-13-8-14-20-26;1-4(2)3/h6-20,22-23,27H,4-5,21H2,1-3H3;(H-,1,2,3)/p+1. The molecule has 4 aromatic rings. The highest BCUT2D eigenvalue weighted by molar-refractivity contribution is 7.30. The van der Waals surface area contributed by atoms with Crippen molar-refractivity contribution in [2.75, 3.05) is 7.11 Å². The normalized spacial score (nSPS) is 12.1. The maximum Gasteiger partial charge on any atom is 0.692 e. The summed E-state index contributed by atoms with van der Waals surface area (Å²) in [6.07, 6.45) is 4.90. The van der Waals surface area contributed by atoms with E-state index in [4.69, 9.17) is 29.2 Å². The summed E-state index contributed by atoms with van der Waals surface area (Å²) in [6.45, 7) is 4.47. The van der Waals surface area contributed by atoms with Crippen LogP contribution in [-0.2, 0) is 14.8 Å². The molecule has 194 valence electrons. The molecular weight excluding hydrogens is 485 g/mol. The van der Waals surface area contributed by atoms with Crippen molar-refractivity contribution in [2.24, 2.45) is 5.92 Å². The van der Waals surface area contributed by atoms with Crippen LogP contribution in [0.1, 0.15) is 61.7 Å². The highest BCUT2D eigenvalue weighted by atomic mass is 31.1. The van der Waals surface area contributed by atoms with Crippen molar-refractivity contribution < 1.29 is 19.1 Å². The Kier molecular flexibility index (Phi) is 10.7. The molecule has 3 aromatic carbocycles. The van der Waals surface area contributed by atoms with E-state index in [2.05, 4.69) is 86.6 Å². The summed E-state index contributed by atoms with van der Waals surface area (Å²) in [4.78, 5) is 19.0. The van der Waals surface area contributed by atoms with Gasteiger partial charge in [-0.3, -0.25) is 0 Å². The molecular formula is C29H35N3O4P+. The molecule has 2 N–H and O–H groups in total. The SMILES string of the molecule is CCC(CC)CC(OC)c1ncn(C(c2ccccc2)(c2ccccc2)c2ccccc2)n1.O=[P+](O)O. The fourth-order valence-corrected chi connectivity index (χ4v) is 4.75. The van der Waals surface area contributed by atoms with E-state index in [-0.39, 0.29) is 6.10 Å². The number of ether oxygens (including phenoxy) is 1. The van der Waals surface area contributed by atoms with Crippen LogP contribution in [0.25, 0.3) is 0 Å². The molecule has 7 nitrogen and oxygen atoms in total. The first kappa shape index (κ1) is 28.4. The van der Waals surface area contributed by atoms with Crippen LogP contribution in [0.5, 0.6) is 0 Å². The van der Waals surface area contributed by atoms with Gasteiger partial charge in [0.15, 0.2) is 5.82 Å². The van der Waals surface area contributed by atoms with Gasteiger partial charge in [0.05, 0.1) is 0 Å². The number of hydrogen-bond donors (Lipinski definition) is 2. The fourth-order valence-electron chi connectivity index (χ4n) is 4.75. The van der Waals surface area contributed by atoms with Gasteiger partial charge >= 0.3 is 8.25 Å². The summed E-state index contributed by atoms with van der Waals surface area (Å²) in [5.74, 6) is 1.32. The summed E-state index contributed by atoms with van der Waals surface area (Å²) in [7, 11) is -1.11. The van der Waals surface area contributed by atoms with Gasteiger partial charge in [0.25, 0.3) is 0 Å². The summed E-state index contributed by atoms with van der Waals surface area (Å²) >= 11 is 0. The van der Waals surface area contributed by atoms with Crippen LogP contribution < -0.4 is 0 Å². The second kappa shape index (κ2) is 13.9. The van der Waals surface area contributed by atoms with Crippen LogP contribution in [0.15, 0.2) is 97.3 Å². The molecule has 4 rings (SSSR count). The van der Waals surface area contributed by atoms with Gasteiger partial charge in [-0.05, 0) is 29.0 Å². The average Bonchev–Trinajstić information content (AvgIpc) is 3.42. The molecule has 0 bridgehead atoms. The number of hydrogen-bond acceptors (Lipinski definition) is 4. The molecule has 0 radical (unpaired) electrons. The molecule has 1 unspecified atom stereocenters. The van der Waals surface area contributed by atoms with Crippen LogP contribution >= 0.6 is 8.25 Å². The van der Waals surface area contributed by atoms with Gasteiger partial charge in [-0.1, -0.05) is 118 Å². The van der Waals surface area contributed by atoms with Crippen molar-refractivity contribution in [1.29, 1.82) is 0 Å². The summed E-state index contributed by atoms with van der Waals surface area (Å²) in [5.41, 5.74) is 2.75. The lowest BCUT2D eigenvalue weighted by atomic mass is 9.77. The quantitative estimate of drug-likeness (QED) is 0.189. The smallest absolute Gasteiger partial charge is 0.373 e. The summed E-state index contributed by atoms with van der Waals surface area (Å²) in [5, 5.41) is 5.09. The van der Waals surface area contributed by atoms with Gasteiger partial charge in [-0.25, -0.2) is 9.67 Å². The van der Waals surface area contributed by atoms with Gasteiger partial charge in [-0.15, -0.1) is 9.79 Å². The Balaban J connectivity index is 0.000000886. The third-order valence-corrected chi connectivity index (χ3v) is 6.70.